The second-order valence-electron chi connectivity index (χ2n) is 9.14. The number of benzene rings is 3. The fourth-order valence-electron chi connectivity index (χ4n) is 4.08. The van der Waals surface area contributed by atoms with Crippen molar-refractivity contribution < 1.29 is 22.4 Å². The van der Waals surface area contributed by atoms with E-state index in [4.69, 9.17) is 11.6 Å². The molecule has 7 nitrogen and oxygen atoms in total. The Hall–Kier alpha value is -3.43. The zero-order valence-corrected chi connectivity index (χ0v) is 23.8. The minimum atomic E-state index is -4.34. The molecule has 0 unspecified atom stereocenters. The van der Waals surface area contributed by atoms with Crippen LogP contribution >= 0.6 is 11.6 Å². The maximum atomic E-state index is 15.0. The minimum absolute atomic E-state index is 0.0315. The molecule has 0 aliphatic heterocycles. The molecule has 3 aromatic rings. The normalized spacial score (nSPS) is 12.0. The highest BCUT2D eigenvalue weighted by Gasteiger charge is 2.34. The van der Waals surface area contributed by atoms with Crippen molar-refractivity contribution in [3.8, 4) is 0 Å². The van der Waals surface area contributed by atoms with E-state index < -0.39 is 34.3 Å². The number of rotatable bonds is 12. The first-order valence-corrected chi connectivity index (χ1v) is 14.6. The molecule has 0 saturated heterocycles. The van der Waals surface area contributed by atoms with Crippen LogP contribution in [0.25, 0.3) is 0 Å². The lowest BCUT2D eigenvalue weighted by Gasteiger charge is -2.33. The summed E-state index contributed by atoms with van der Waals surface area (Å²) >= 11 is 6.02. The molecular formula is C29H33ClFN3O4S. The van der Waals surface area contributed by atoms with Crippen LogP contribution in [0.2, 0.25) is 5.02 Å². The van der Waals surface area contributed by atoms with E-state index in [0.717, 1.165) is 15.9 Å². The molecule has 39 heavy (non-hydrogen) atoms. The summed E-state index contributed by atoms with van der Waals surface area (Å²) in [5.41, 5.74) is 1.29. The monoisotopic (exact) mass is 573 g/mol. The van der Waals surface area contributed by atoms with Crippen molar-refractivity contribution in [2.24, 2.45) is 0 Å². The van der Waals surface area contributed by atoms with Crippen LogP contribution < -0.4 is 9.62 Å². The zero-order chi connectivity index (χ0) is 28.6. The number of halogens is 2. The Labute approximate surface area is 234 Å². The van der Waals surface area contributed by atoms with Crippen LogP contribution in [0.3, 0.4) is 0 Å². The summed E-state index contributed by atoms with van der Waals surface area (Å²) in [7, 11) is -4.34. The SMILES string of the molecule is CCCNC(=O)[C@@H](CC)N(Cc1ccc(Cl)cc1)C(=O)CN(c1ccccc1F)S(=O)(=O)c1ccc(C)cc1. The molecule has 0 spiro atoms. The summed E-state index contributed by atoms with van der Waals surface area (Å²) in [4.78, 5) is 28.2. The third-order valence-corrected chi connectivity index (χ3v) is 8.24. The number of nitrogens with one attached hydrogen (secondary N) is 1. The average molecular weight is 574 g/mol. The minimum Gasteiger partial charge on any atom is -0.354 e. The van der Waals surface area contributed by atoms with Gasteiger partial charge in [0.2, 0.25) is 11.8 Å². The Balaban J connectivity index is 2.05. The summed E-state index contributed by atoms with van der Waals surface area (Å²) in [5.74, 6) is -1.79. The second-order valence-corrected chi connectivity index (χ2v) is 11.4. The molecule has 0 heterocycles. The fraction of sp³-hybridized carbons (Fsp3) is 0.310. The quantitative estimate of drug-likeness (QED) is 0.318. The van der Waals surface area contributed by atoms with Gasteiger partial charge in [0.1, 0.15) is 18.4 Å². The molecule has 0 saturated carbocycles. The highest BCUT2D eigenvalue weighted by Crippen LogP contribution is 2.27. The molecule has 0 fully saturated rings. The molecule has 3 aromatic carbocycles. The molecule has 0 radical (unpaired) electrons. The van der Waals surface area contributed by atoms with E-state index in [1.807, 2.05) is 13.8 Å². The molecule has 0 aromatic heterocycles. The van der Waals surface area contributed by atoms with E-state index in [1.165, 1.54) is 35.2 Å². The number of anilines is 1. The fourth-order valence-corrected chi connectivity index (χ4v) is 5.62. The topological polar surface area (TPSA) is 86.8 Å². The Morgan fingerprint density at radius 3 is 2.21 bits per heavy atom. The highest BCUT2D eigenvalue weighted by molar-refractivity contribution is 7.92. The lowest BCUT2D eigenvalue weighted by atomic mass is 10.1. The van der Waals surface area contributed by atoms with Gasteiger partial charge < -0.3 is 10.2 Å². The molecular weight excluding hydrogens is 541 g/mol. The van der Waals surface area contributed by atoms with Crippen molar-refractivity contribution in [2.45, 2.75) is 51.1 Å². The summed E-state index contributed by atoms with van der Waals surface area (Å²) < 4.78 is 43.3. The summed E-state index contributed by atoms with van der Waals surface area (Å²) in [6.45, 7) is 5.27. The van der Waals surface area contributed by atoms with E-state index in [9.17, 15) is 22.4 Å². The lowest BCUT2D eigenvalue weighted by molar-refractivity contribution is -0.140. The van der Waals surface area contributed by atoms with Crippen LogP contribution in [0.15, 0.2) is 77.7 Å². The van der Waals surface area contributed by atoms with Gasteiger partial charge in [0, 0.05) is 18.1 Å². The first-order valence-electron chi connectivity index (χ1n) is 12.7. The number of carbonyl (C=O) groups excluding carboxylic acids is 2. The van der Waals surface area contributed by atoms with Gasteiger partial charge in [-0.25, -0.2) is 12.8 Å². The van der Waals surface area contributed by atoms with Gasteiger partial charge in [-0.15, -0.1) is 0 Å². The van der Waals surface area contributed by atoms with E-state index >= 15 is 0 Å². The van der Waals surface area contributed by atoms with Gasteiger partial charge in [-0.2, -0.15) is 0 Å². The summed E-state index contributed by atoms with van der Waals surface area (Å²) in [6, 6.07) is 17.4. The third kappa shape index (κ3) is 7.58. The number of hydrogen-bond acceptors (Lipinski definition) is 4. The zero-order valence-electron chi connectivity index (χ0n) is 22.2. The van der Waals surface area contributed by atoms with Crippen LogP contribution in [0.5, 0.6) is 0 Å². The number of carbonyl (C=O) groups is 2. The molecule has 0 bridgehead atoms. The molecule has 10 heteroatoms. The van der Waals surface area contributed by atoms with E-state index in [0.29, 0.717) is 30.0 Å². The average Bonchev–Trinajstić information content (AvgIpc) is 2.92. The van der Waals surface area contributed by atoms with Gasteiger partial charge in [-0.1, -0.05) is 67.4 Å². The van der Waals surface area contributed by atoms with Crippen LogP contribution in [0.4, 0.5) is 10.1 Å². The van der Waals surface area contributed by atoms with Crippen molar-refractivity contribution in [3.05, 3.63) is 94.8 Å². The number of nitrogens with zero attached hydrogens (tertiary/aromatic N) is 2. The van der Waals surface area contributed by atoms with E-state index in [2.05, 4.69) is 5.32 Å². The number of sulfonamides is 1. The Bertz CT molecular complexity index is 1380. The van der Waals surface area contributed by atoms with Crippen molar-refractivity contribution in [1.82, 2.24) is 10.2 Å². The Morgan fingerprint density at radius 2 is 1.62 bits per heavy atom. The maximum absolute atomic E-state index is 15.0. The maximum Gasteiger partial charge on any atom is 0.264 e. The molecule has 0 aliphatic carbocycles. The van der Waals surface area contributed by atoms with E-state index in [1.54, 1.807) is 43.3 Å². The van der Waals surface area contributed by atoms with Gasteiger partial charge in [-0.05, 0) is 61.7 Å². The number of hydrogen-bond donors (Lipinski definition) is 1. The molecule has 1 atom stereocenters. The Morgan fingerprint density at radius 1 is 0.974 bits per heavy atom. The van der Waals surface area contributed by atoms with Gasteiger partial charge in [0.25, 0.3) is 10.0 Å². The van der Waals surface area contributed by atoms with Crippen molar-refractivity contribution in [1.29, 1.82) is 0 Å². The van der Waals surface area contributed by atoms with Crippen molar-refractivity contribution in [2.75, 3.05) is 17.4 Å². The second kappa shape index (κ2) is 13.6. The van der Waals surface area contributed by atoms with Gasteiger partial charge in [-0.3, -0.25) is 13.9 Å². The predicted octanol–water partition coefficient (Wildman–Crippen LogP) is 5.32. The Kier molecular flexibility index (Phi) is 10.5. The van der Waals surface area contributed by atoms with Crippen molar-refractivity contribution in [3.63, 3.8) is 0 Å². The number of amides is 2. The van der Waals surface area contributed by atoms with Crippen LogP contribution in [0, 0.1) is 12.7 Å². The third-order valence-electron chi connectivity index (χ3n) is 6.21. The van der Waals surface area contributed by atoms with Gasteiger partial charge in [0.15, 0.2) is 0 Å². The highest BCUT2D eigenvalue weighted by atomic mass is 35.5. The van der Waals surface area contributed by atoms with Crippen LogP contribution in [-0.2, 0) is 26.2 Å². The number of para-hydroxylation sites is 1. The standard InChI is InChI=1S/C29H33ClFN3O4S/c1-4-18-32-29(36)26(5-2)33(19-22-12-14-23(30)15-13-22)28(35)20-34(27-9-7-6-8-25(27)31)39(37,38)24-16-10-21(3)11-17-24/h6-17,26H,4-5,18-20H2,1-3H3,(H,32,36)/t26-/m1/s1. The van der Waals surface area contributed by atoms with E-state index in [-0.39, 0.29) is 23.0 Å². The smallest absolute Gasteiger partial charge is 0.264 e. The number of aryl methyl sites for hydroxylation is 1. The molecule has 0 aliphatic rings. The van der Waals surface area contributed by atoms with Gasteiger partial charge >= 0.3 is 0 Å². The first kappa shape index (κ1) is 30.1. The molecule has 208 valence electrons. The molecule has 1 N–H and O–H groups in total. The first-order chi connectivity index (χ1) is 18.6. The van der Waals surface area contributed by atoms with Gasteiger partial charge in [0.05, 0.1) is 10.6 Å². The summed E-state index contributed by atoms with van der Waals surface area (Å²) in [5, 5.41) is 3.34. The van der Waals surface area contributed by atoms with Crippen LogP contribution in [0.1, 0.15) is 37.8 Å². The van der Waals surface area contributed by atoms with Crippen molar-refractivity contribution >= 4 is 39.1 Å². The largest absolute Gasteiger partial charge is 0.354 e. The summed E-state index contributed by atoms with van der Waals surface area (Å²) in [6.07, 6.45) is 1.00. The van der Waals surface area contributed by atoms with Crippen LogP contribution in [-0.4, -0.2) is 44.3 Å². The predicted molar refractivity (Wildman–Crippen MR) is 151 cm³/mol. The molecule has 2 amide bonds. The lowest BCUT2D eigenvalue weighted by Crippen LogP contribution is -2.52. The molecule has 3 rings (SSSR count).